The highest BCUT2D eigenvalue weighted by Crippen LogP contribution is 2.36. The number of halogens is 3. The molecule has 4 rings (SSSR count). The third-order valence-corrected chi connectivity index (χ3v) is 6.94. The molecule has 170 valence electrons. The fourth-order valence-electron chi connectivity index (χ4n) is 3.67. The third-order valence-electron chi connectivity index (χ3n) is 5.44. The predicted molar refractivity (Wildman–Crippen MR) is 117 cm³/mol. The predicted octanol–water partition coefficient (Wildman–Crippen LogP) is 3.44. The van der Waals surface area contributed by atoms with Gasteiger partial charge in [-0.2, -0.15) is 13.2 Å². The Balaban J connectivity index is 1.20. The molecule has 2 amide bonds. The molecule has 2 saturated heterocycles. The lowest BCUT2D eigenvalue weighted by molar-refractivity contribution is -0.133. The number of benzene rings is 1. The number of piperazine rings is 1. The summed E-state index contributed by atoms with van der Waals surface area (Å²) in [6.45, 7) is 4.08. The summed E-state index contributed by atoms with van der Waals surface area (Å²) in [5.41, 5.74) is -3.65. The second-order valence-electron chi connectivity index (χ2n) is 7.51. The van der Waals surface area contributed by atoms with Crippen molar-refractivity contribution in [1.82, 2.24) is 19.7 Å². The molecule has 2 fully saturated rings. The van der Waals surface area contributed by atoms with E-state index in [9.17, 15) is 22.8 Å². The zero-order chi connectivity index (χ0) is 22.7. The van der Waals surface area contributed by atoms with Crippen molar-refractivity contribution < 1.29 is 22.8 Å². The molecule has 1 aromatic heterocycles. The minimum atomic E-state index is -4.31. The van der Waals surface area contributed by atoms with E-state index in [4.69, 9.17) is 0 Å². The van der Waals surface area contributed by atoms with Gasteiger partial charge < -0.3 is 9.80 Å². The number of thioether (sulfide) groups is 1. The normalized spacial score (nSPS) is 18.2. The molecule has 0 spiro atoms. The maximum Gasteiger partial charge on any atom is 0.446 e. The van der Waals surface area contributed by atoms with Gasteiger partial charge in [0.15, 0.2) is 5.01 Å². The molecule has 0 aliphatic carbocycles. The van der Waals surface area contributed by atoms with Crippen LogP contribution in [0.4, 0.5) is 13.2 Å². The Kier molecular flexibility index (Phi) is 6.87. The van der Waals surface area contributed by atoms with E-state index in [1.807, 2.05) is 4.90 Å². The van der Waals surface area contributed by atoms with Gasteiger partial charge in [0.05, 0.1) is 0 Å². The topological polar surface area (TPSA) is 56.8 Å². The first kappa shape index (κ1) is 22.8. The Morgan fingerprint density at radius 1 is 1.06 bits per heavy atom. The first-order valence-corrected chi connectivity index (χ1v) is 11.7. The van der Waals surface area contributed by atoms with Gasteiger partial charge in [-0.15, -0.1) is 11.3 Å². The highest BCUT2D eigenvalue weighted by molar-refractivity contribution is 8.00. The average molecular weight is 483 g/mol. The Morgan fingerprint density at radius 3 is 2.34 bits per heavy atom. The fraction of sp³-hybridized carbons (Fsp3) is 0.381. The molecule has 0 saturated carbocycles. The number of carbonyl (C=O) groups excluding carboxylic acids is 2. The summed E-state index contributed by atoms with van der Waals surface area (Å²) in [6, 6.07) is 6.18. The van der Waals surface area contributed by atoms with Crippen molar-refractivity contribution >= 4 is 41.0 Å². The molecule has 32 heavy (non-hydrogen) atoms. The van der Waals surface area contributed by atoms with Crippen LogP contribution in [-0.4, -0.2) is 82.3 Å². The van der Waals surface area contributed by atoms with E-state index in [1.54, 1.807) is 34.7 Å². The summed E-state index contributed by atoms with van der Waals surface area (Å²) >= 11 is 1.18. The Hall–Kier alpha value is -2.37. The van der Waals surface area contributed by atoms with Gasteiger partial charge in [-0.1, -0.05) is 12.1 Å². The molecule has 0 radical (unpaired) electrons. The second kappa shape index (κ2) is 9.63. The SMILES string of the molecule is O=C(C=Cc1ccc(SC(F)(F)F)cc1)N1CC(N2CCN(C(=O)c3nccs3)CC2)C1. The quantitative estimate of drug-likeness (QED) is 0.483. The molecule has 0 bridgehead atoms. The van der Waals surface area contributed by atoms with Gasteiger partial charge in [0.2, 0.25) is 5.91 Å². The van der Waals surface area contributed by atoms with Crippen molar-refractivity contribution in [1.29, 1.82) is 0 Å². The van der Waals surface area contributed by atoms with E-state index < -0.39 is 5.51 Å². The summed E-state index contributed by atoms with van der Waals surface area (Å²) in [5.74, 6) is -0.146. The monoisotopic (exact) mass is 482 g/mol. The van der Waals surface area contributed by atoms with Crippen LogP contribution in [-0.2, 0) is 4.79 Å². The van der Waals surface area contributed by atoms with Crippen molar-refractivity contribution in [2.75, 3.05) is 39.3 Å². The number of amides is 2. The second-order valence-corrected chi connectivity index (χ2v) is 9.55. The molecule has 11 heteroatoms. The zero-order valence-corrected chi connectivity index (χ0v) is 18.6. The summed E-state index contributed by atoms with van der Waals surface area (Å²) in [4.78, 5) is 34.8. The standard InChI is InChI=1S/C21H21F3N4O2S2/c22-21(23,24)32-17-4-1-15(2-5-17)3-6-18(29)28-13-16(14-28)26-8-10-27(11-9-26)20(30)19-25-7-12-31-19/h1-7,12,16H,8-11,13-14H2. The molecule has 0 N–H and O–H groups in total. The molecular weight excluding hydrogens is 461 g/mol. The number of aromatic nitrogens is 1. The Bertz CT molecular complexity index is 966. The third kappa shape index (κ3) is 5.70. The summed E-state index contributed by atoms with van der Waals surface area (Å²) in [7, 11) is 0. The summed E-state index contributed by atoms with van der Waals surface area (Å²) in [6.07, 6.45) is 4.69. The highest BCUT2D eigenvalue weighted by Gasteiger charge is 2.36. The van der Waals surface area contributed by atoms with Crippen LogP contribution in [0.15, 0.2) is 46.8 Å². The van der Waals surface area contributed by atoms with Gasteiger partial charge in [0.1, 0.15) is 0 Å². The lowest BCUT2D eigenvalue weighted by atomic mass is 10.1. The number of rotatable bonds is 5. The van der Waals surface area contributed by atoms with Gasteiger partial charge in [-0.05, 0) is 35.5 Å². The fourth-order valence-corrected chi connectivity index (χ4v) is 4.82. The number of carbonyl (C=O) groups is 2. The lowest BCUT2D eigenvalue weighted by Crippen LogP contribution is -2.64. The number of hydrogen-bond donors (Lipinski definition) is 0. The van der Waals surface area contributed by atoms with E-state index in [0.29, 0.717) is 36.8 Å². The molecule has 0 atom stereocenters. The lowest BCUT2D eigenvalue weighted by Gasteiger charge is -2.47. The van der Waals surface area contributed by atoms with Crippen LogP contribution in [0.1, 0.15) is 15.4 Å². The van der Waals surface area contributed by atoms with Crippen LogP contribution in [0.2, 0.25) is 0 Å². The smallest absolute Gasteiger partial charge is 0.336 e. The molecule has 6 nitrogen and oxygen atoms in total. The average Bonchev–Trinajstić information content (AvgIpc) is 3.26. The van der Waals surface area contributed by atoms with E-state index in [2.05, 4.69) is 9.88 Å². The molecule has 2 aromatic rings. The molecule has 1 aromatic carbocycles. The van der Waals surface area contributed by atoms with Gasteiger partial charge in [0.25, 0.3) is 5.91 Å². The van der Waals surface area contributed by atoms with Gasteiger partial charge >= 0.3 is 5.51 Å². The minimum absolute atomic E-state index is 0.0276. The van der Waals surface area contributed by atoms with Crippen LogP contribution in [0.25, 0.3) is 6.08 Å². The largest absolute Gasteiger partial charge is 0.446 e. The van der Waals surface area contributed by atoms with E-state index in [-0.39, 0.29) is 34.5 Å². The van der Waals surface area contributed by atoms with Gasteiger partial charge in [-0.3, -0.25) is 14.5 Å². The van der Waals surface area contributed by atoms with Crippen molar-refractivity contribution in [3.8, 4) is 0 Å². The first-order chi connectivity index (χ1) is 15.3. The van der Waals surface area contributed by atoms with Crippen molar-refractivity contribution in [2.45, 2.75) is 16.4 Å². The number of hydrogen-bond acceptors (Lipinski definition) is 6. The van der Waals surface area contributed by atoms with Gasteiger partial charge in [-0.25, -0.2) is 4.98 Å². The number of nitrogens with zero attached hydrogens (tertiary/aromatic N) is 4. The zero-order valence-electron chi connectivity index (χ0n) is 17.0. The van der Waals surface area contributed by atoms with Gasteiger partial charge in [0, 0.05) is 67.9 Å². The summed E-state index contributed by atoms with van der Waals surface area (Å²) < 4.78 is 37.2. The molecule has 0 unspecified atom stereocenters. The Labute approximate surface area is 191 Å². The van der Waals surface area contributed by atoms with Crippen LogP contribution in [0.3, 0.4) is 0 Å². The van der Waals surface area contributed by atoms with Crippen LogP contribution < -0.4 is 0 Å². The minimum Gasteiger partial charge on any atom is -0.336 e. The highest BCUT2D eigenvalue weighted by atomic mass is 32.2. The maximum atomic E-state index is 12.4. The van der Waals surface area contributed by atoms with E-state index in [1.165, 1.54) is 29.5 Å². The Morgan fingerprint density at radius 2 is 1.75 bits per heavy atom. The number of thiazole rings is 1. The number of likely N-dealkylation sites (tertiary alicyclic amines) is 1. The van der Waals surface area contributed by atoms with Crippen LogP contribution in [0.5, 0.6) is 0 Å². The number of alkyl halides is 3. The van der Waals surface area contributed by atoms with Crippen LogP contribution in [0, 0.1) is 0 Å². The molecule has 2 aliphatic heterocycles. The van der Waals surface area contributed by atoms with Crippen LogP contribution >= 0.6 is 23.1 Å². The van der Waals surface area contributed by atoms with Crippen molar-refractivity contribution in [3.63, 3.8) is 0 Å². The molecular formula is C21H21F3N4O2S2. The van der Waals surface area contributed by atoms with E-state index in [0.717, 1.165) is 13.1 Å². The van der Waals surface area contributed by atoms with Crippen molar-refractivity contribution in [2.24, 2.45) is 0 Å². The molecule has 2 aliphatic rings. The first-order valence-electron chi connectivity index (χ1n) is 10.0. The molecule has 3 heterocycles. The van der Waals surface area contributed by atoms with Crippen molar-refractivity contribution in [3.05, 3.63) is 52.5 Å². The summed E-state index contributed by atoms with van der Waals surface area (Å²) in [5, 5.41) is 2.30. The maximum absolute atomic E-state index is 12.4. The van der Waals surface area contributed by atoms with E-state index >= 15 is 0 Å².